The maximum absolute atomic E-state index is 13.9. The van der Waals surface area contributed by atoms with E-state index in [-0.39, 0.29) is 11.5 Å². The molecule has 2 aromatic carbocycles. The van der Waals surface area contributed by atoms with Gasteiger partial charge in [0.05, 0.1) is 5.56 Å². The number of halogens is 2. The Morgan fingerprint density at radius 2 is 1.86 bits per heavy atom. The normalized spacial score (nSPS) is 14.9. The van der Waals surface area contributed by atoms with Gasteiger partial charge in [0.1, 0.15) is 11.6 Å². The first-order valence-corrected chi connectivity index (χ1v) is 9.42. The second-order valence-electron chi connectivity index (χ2n) is 7.05. The molecule has 3 aromatic rings. The van der Waals surface area contributed by atoms with Crippen LogP contribution in [0.5, 0.6) is 0 Å². The SMILES string of the molecule is NCc1ccc(-c2noc(C3CCN(C(=O)c4ccc(F)cc4F)CC3)n2)cc1. The van der Waals surface area contributed by atoms with Gasteiger partial charge in [0.25, 0.3) is 5.91 Å². The maximum atomic E-state index is 13.9. The molecule has 1 aromatic heterocycles. The summed E-state index contributed by atoms with van der Waals surface area (Å²) in [6.07, 6.45) is 1.25. The third-order valence-corrected chi connectivity index (χ3v) is 5.18. The van der Waals surface area contributed by atoms with Crippen LogP contribution in [0.2, 0.25) is 0 Å². The summed E-state index contributed by atoms with van der Waals surface area (Å²) >= 11 is 0. The Labute approximate surface area is 166 Å². The van der Waals surface area contributed by atoms with Crippen LogP contribution in [-0.2, 0) is 6.54 Å². The van der Waals surface area contributed by atoms with Crippen molar-refractivity contribution in [2.75, 3.05) is 13.1 Å². The number of likely N-dealkylation sites (tertiary alicyclic amines) is 1. The molecule has 4 rings (SSSR count). The Bertz CT molecular complexity index is 1010. The molecule has 1 aliphatic rings. The van der Waals surface area contributed by atoms with E-state index in [1.165, 1.54) is 6.07 Å². The van der Waals surface area contributed by atoms with E-state index in [4.69, 9.17) is 10.3 Å². The van der Waals surface area contributed by atoms with Crippen LogP contribution in [0.4, 0.5) is 8.78 Å². The Balaban J connectivity index is 1.40. The minimum atomic E-state index is -0.848. The topological polar surface area (TPSA) is 85.2 Å². The number of piperidine rings is 1. The summed E-state index contributed by atoms with van der Waals surface area (Å²) in [7, 11) is 0. The van der Waals surface area contributed by atoms with E-state index in [0.717, 1.165) is 23.3 Å². The molecule has 0 spiro atoms. The molecule has 1 aliphatic heterocycles. The van der Waals surface area contributed by atoms with Gasteiger partial charge < -0.3 is 15.2 Å². The van der Waals surface area contributed by atoms with Gasteiger partial charge >= 0.3 is 0 Å². The number of hydrogen-bond donors (Lipinski definition) is 1. The summed E-state index contributed by atoms with van der Waals surface area (Å²) in [6, 6.07) is 10.6. The molecule has 0 atom stereocenters. The smallest absolute Gasteiger partial charge is 0.256 e. The van der Waals surface area contributed by atoms with Crippen LogP contribution in [0.1, 0.15) is 40.6 Å². The highest BCUT2D eigenvalue weighted by atomic mass is 19.1. The lowest BCUT2D eigenvalue weighted by molar-refractivity contribution is 0.0699. The third-order valence-electron chi connectivity index (χ3n) is 5.18. The second-order valence-corrected chi connectivity index (χ2v) is 7.05. The van der Waals surface area contributed by atoms with Gasteiger partial charge in [0.2, 0.25) is 11.7 Å². The monoisotopic (exact) mass is 398 g/mol. The number of nitrogens with two attached hydrogens (primary N) is 1. The van der Waals surface area contributed by atoms with Crippen molar-refractivity contribution >= 4 is 5.91 Å². The molecule has 0 unspecified atom stereocenters. The first-order chi connectivity index (χ1) is 14.0. The van der Waals surface area contributed by atoms with Gasteiger partial charge in [0, 0.05) is 37.2 Å². The Hall–Kier alpha value is -3.13. The number of benzene rings is 2. The summed E-state index contributed by atoms with van der Waals surface area (Å²) in [4.78, 5) is 18.6. The average Bonchev–Trinajstić information content (AvgIpc) is 3.24. The second kappa shape index (κ2) is 8.08. The van der Waals surface area contributed by atoms with Gasteiger partial charge in [-0.05, 0) is 30.5 Å². The van der Waals surface area contributed by atoms with Crippen LogP contribution in [-0.4, -0.2) is 34.0 Å². The summed E-state index contributed by atoms with van der Waals surface area (Å²) in [5.74, 6) is -0.922. The van der Waals surface area contributed by atoms with Crippen LogP contribution < -0.4 is 5.73 Å². The number of amides is 1. The molecule has 1 amide bonds. The molecule has 2 N–H and O–H groups in total. The molecular formula is C21H20F2N4O2. The van der Waals surface area contributed by atoms with E-state index in [0.29, 0.717) is 44.2 Å². The molecule has 29 heavy (non-hydrogen) atoms. The van der Waals surface area contributed by atoms with Gasteiger partial charge in [-0.25, -0.2) is 8.78 Å². The highest BCUT2D eigenvalue weighted by Crippen LogP contribution is 2.29. The van der Waals surface area contributed by atoms with Crippen molar-refractivity contribution in [1.82, 2.24) is 15.0 Å². The van der Waals surface area contributed by atoms with Crippen molar-refractivity contribution in [1.29, 1.82) is 0 Å². The average molecular weight is 398 g/mol. The predicted octanol–water partition coefficient (Wildman–Crippen LogP) is 3.49. The first kappa shape index (κ1) is 19.2. The van der Waals surface area contributed by atoms with Crippen LogP contribution in [0.15, 0.2) is 47.0 Å². The van der Waals surface area contributed by atoms with Crippen LogP contribution in [0, 0.1) is 11.6 Å². The van der Waals surface area contributed by atoms with Crippen molar-refractivity contribution in [3.63, 3.8) is 0 Å². The van der Waals surface area contributed by atoms with Crippen LogP contribution in [0.25, 0.3) is 11.4 Å². The van der Waals surface area contributed by atoms with Crippen LogP contribution >= 0.6 is 0 Å². The van der Waals surface area contributed by atoms with Crippen molar-refractivity contribution in [2.45, 2.75) is 25.3 Å². The fraction of sp³-hybridized carbons (Fsp3) is 0.286. The summed E-state index contributed by atoms with van der Waals surface area (Å²) < 4.78 is 32.4. The van der Waals surface area contributed by atoms with Gasteiger partial charge in [-0.2, -0.15) is 4.98 Å². The molecule has 0 saturated carbocycles. The van der Waals surface area contributed by atoms with E-state index < -0.39 is 17.5 Å². The standard InChI is InChI=1S/C21H20F2N4O2/c22-16-5-6-17(18(23)11-16)21(28)27-9-7-15(8-10-27)20-25-19(26-29-20)14-3-1-13(12-24)2-4-14/h1-6,11,15H,7-10,12,24H2. The van der Waals surface area contributed by atoms with Gasteiger partial charge in [-0.3, -0.25) is 4.79 Å². The number of hydrogen-bond acceptors (Lipinski definition) is 5. The number of rotatable bonds is 4. The number of carbonyl (C=O) groups excluding carboxylic acids is 1. The fourth-order valence-corrected chi connectivity index (χ4v) is 3.47. The lowest BCUT2D eigenvalue weighted by Crippen LogP contribution is -2.38. The van der Waals surface area contributed by atoms with E-state index >= 15 is 0 Å². The minimum Gasteiger partial charge on any atom is -0.339 e. The van der Waals surface area contributed by atoms with Crippen LogP contribution in [0.3, 0.4) is 0 Å². The molecule has 0 aliphatic carbocycles. The summed E-state index contributed by atoms with van der Waals surface area (Å²) in [5, 5.41) is 4.06. The van der Waals surface area contributed by atoms with E-state index in [9.17, 15) is 13.6 Å². The zero-order valence-electron chi connectivity index (χ0n) is 15.6. The lowest BCUT2D eigenvalue weighted by atomic mass is 9.96. The number of nitrogens with zero attached hydrogens (tertiary/aromatic N) is 3. The lowest BCUT2D eigenvalue weighted by Gasteiger charge is -2.30. The molecule has 1 saturated heterocycles. The maximum Gasteiger partial charge on any atom is 0.256 e. The summed E-state index contributed by atoms with van der Waals surface area (Å²) in [5.41, 5.74) is 7.35. The number of carbonyl (C=O) groups is 1. The van der Waals surface area contributed by atoms with E-state index in [1.54, 1.807) is 4.90 Å². The minimum absolute atomic E-state index is 0.0293. The molecular weight excluding hydrogens is 378 g/mol. The van der Waals surface area contributed by atoms with Crippen molar-refractivity contribution in [3.05, 3.63) is 71.1 Å². The third kappa shape index (κ3) is 4.02. The molecule has 8 heteroatoms. The first-order valence-electron chi connectivity index (χ1n) is 9.42. The Kier molecular flexibility index (Phi) is 5.35. The largest absolute Gasteiger partial charge is 0.339 e. The highest BCUT2D eigenvalue weighted by molar-refractivity contribution is 5.94. The van der Waals surface area contributed by atoms with Crippen molar-refractivity contribution in [2.24, 2.45) is 5.73 Å². The Morgan fingerprint density at radius 3 is 2.52 bits per heavy atom. The summed E-state index contributed by atoms with van der Waals surface area (Å²) in [6.45, 7) is 1.34. The number of aromatic nitrogens is 2. The molecule has 6 nitrogen and oxygen atoms in total. The zero-order valence-corrected chi connectivity index (χ0v) is 15.6. The molecule has 0 bridgehead atoms. The molecule has 150 valence electrons. The quantitative estimate of drug-likeness (QED) is 0.727. The van der Waals surface area contributed by atoms with Gasteiger partial charge in [-0.1, -0.05) is 29.4 Å². The van der Waals surface area contributed by atoms with Crippen molar-refractivity contribution < 1.29 is 18.1 Å². The highest BCUT2D eigenvalue weighted by Gasteiger charge is 2.29. The molecule has 2 heterocycles. The molecule has 0 radical (unpaired) electrons. The predicted molar refractivity (Wildman–Crippen MR) is 102 cm³/mol. The fourth-order valence-electron chi connectivity index (χ4n) is 3.47. The Morgan fingerprint density at radius 1 is 1.14 bits per heavy atom. The van der Waals surface area contributed by atoms with Crippen molar-refractivity contribution in [3.8, 4) is 11.4 Å². The van der Waals surface area contributed by atoms with Gasteiger partial charge in [0.15, 0.2) is 0 Å². The van der Waals surface area contributed by atoms with E-state index in [2.05, 4.69) is 10.1 Å². The zero-order chi connectivity index (χ0) is 20.4. The van der Waals surface area contributed by atoms with Gasteiger partial charge in [-0.15, -0.1) is 0 Å². The van der Waals surface area contributed by atoms with E-state index in [1.807, 2.05) is 24.3 Å². The molecule has 1 fully saturated rings.